The van der Waals surface area contributed by atoms with Crippen LogP contribution in [-0.4, -0.2) is 15.2 Å². The summed E-state index contributed by atoms with van der Waals surface area (Å²) in [6.45, 7) is 1.83. The van der Waals surface area contributed by atoms with Crippen LogP contribution in [0.4, 0.5) is 0 Å². The Morgan fingerprint density at radius 1 is 1.50 bits per heavy atom. The summed E-state index contributed by atoms with van der Waals surface area (Å²) >= 11 is 0. The number of aryl methyl sites for hydroxylation is 1. The van der Waals surface area contributed by atoms with Crippen molar-refractivity contribution in [3.63, 3.8) is 0 Å². The van der Waals surface area contributed by atoms with E-state index in [0.29, 0.717) is 0 Å². The monoisotopic (exact) mass is 135 g/mol. The summed E-state index contributed by atoms with van der Waals surface area (Å²) in [5.74, 6) is 0.752. The number of hydrogen-bond acceptors (Lipinski definition) is 4. The number of rotatable bonds is 0. The molecule has 2 aliphatic rings. The van der Waals surface area contributed by atoms with E-state index in [4.69, 9.17) is 4.42 Å². The Balaban J connectivity index is 2.80. The summed E-state index contributed by atoms with van der Waals surface area (Å²) < 4.78 is 4.99. The third-order valence-corrected chi connectivity index (χ3v) is 1.34. The first-order valence-electron chi connectivity index (χ1n) is 2.89. The van der Waals surface area contributed by atoms with Crippen LogP contribution in [0, 0.1) is 6.92 Å². The van der Waals surface area contributed by atoms with Gasteiger partial charge in [0.1, 0.15) is 11.5 Å². The maximum atomic E-state index is 4.99. The number of hydrogen-bond donors (Lipinski definition) is 0. The van der Waals surface area contributed by atoms with E-state index in [0.717, 1.165) is 17.1 Å². The van der Waals surface area contributed by atoms with Crippen LogP contribution in [0.15, 0.2) is 17.0 Å². The molecule has 50 valence electrons. The fraction of sp³-hybridized carbons (Fsp3) is 0.167. The normalized spacial score (nSPS) is 10.5. The standard InChI is InChI=1S/C6H5N3O/c1-4-6-5(2-8-9-6)7-3-10-4/h2-3H,1H3. The van der Waals surface area contributed by atoms with Crippen molar-refractivity contribution in [2.24, 2.45) is 0 Å². The highest BCUT2D eigenvalue weighted by Crippen LogP contribution is 2.17. The van der Waals surface area contributed by atoms with Crippen LogP contribution in [0.25, 0.3) is 11.4 Å². The number of fused-ring (bicyclic) bond motifs is 1. The molecule has 4 nitrogen and oxygen atoms in total. The lowest BCUT2D eigenvalue weighted by Crippen LogP contribution is -1.84. The van der Waals surface area contributed by atoms with E-state index >= 15 is 0 Å². The summed E-state index contributed by atoms with van der Waals surface area (Å²) in [5, 5.41) is 7.50. The van der Waals surface area contributed by atoms with Crippen LogP contribution in [0.3, 0.4) is 0 Å². The second-order valence-electron chi connectivity index (χ2n) is 1.99. The summed E-state index contributed by atoms with van der Waals surface area (Å²) in [5.41, 5.74) is 1.52. The zero-order valence-electron chi connectivity index (χ0n) is 5.40. The molecule has 10 heavy (non-hydrogen) atoms. The van der Waals surface area contributed by atoms with Crippen molar-refractivity contribution in [3.8, 4) is 11.4 Å². The molecule has 2 aliphatic heterocycles. The maximum Gasteiger partial charge on any atom is 0.181 e. The molecule has 2 heterocycles. The predicted octanol–water partition coefficient (Wildman–Crippen LogP) is 0.878. The summed E-state index contributed by atoms with van der Waals surface area (Å²) in [4.78, 5) is 3.91. The van der Waals surface area contributed by atoms with Crippen LogP contribution in [0.2, 0.25) is 0 Å². The van der Waals surface area contributed by atoms with Crippen LogP contribution in [-0.2, 0) is 0 Å². The smallest absolute Gasteiger partial charge is 0.181 e. The predicted molar refractivity (Wildman–Crippen MR) is 33.5 cm³/mol. The van der Waals surface area contributed by atoms with Gasteiger partial charge in [0.05, 0.1) is 6.20 Å². The second-order valence-corrected chi connectivity index (χ2v) is 1.99. The minimum absolute atomic E-state index is 0.738. The van der Waals surface area contributed by atoms with E-state index in [-0.39, 0.29) is 0 Å². The van der Waals surface area contributed by atoms with Gasteiger partial charge in [-0.15, -0.1) is 5.10 Å². The average molecular weight is 135 g/mol. The highest BCUT2D eigenvalue weighted by atomic mass is 16.3. The van der Waals surface area contributed by atoms with E-state index in [2.05, 4.69) is 15.2 Å². The third-order valence-electron chi connectivity index (χ3n) is 1.34. The zero-order chi connectivity index (χ0) is 6.97. The van der Waals surface area contributed by atoms with E-state index in [1.54, 1.807) is 6.20 Å². The van der Waals surface area contributed by atoms with Crippen LogP contribution >= 0.6 is 0 Å². The van der Waals surface area contributed by atoms with Gasteiger partial charge in [-0.1, -0.05) is 0 Å². The molecule has 0 aromatic heterocycles. The van der Waals surface area contributed by atoms with Gasteiger partial charge in [-0.3, -0.25) is 0 Å². The Bertz CT molecular complexity index is 317. The molecule has 0 saturated carbocycles. The van der Waals surface area contributed by atoms with Gasteiger partial charge in [0, 0.05) is 0 Å². The van der Waals surface area contributed by atoms with Crippen LogP contribution in [0.5, 0.6) is 0 Å². The lowest BCUT2D eigenvalue weighted by molar-refractivity contribution is 0.496. The molecule has 0 unspecified atom stereocenters. The number of nitrogens with zero attached hydrogens (tertiary/aromatic N) is 3. The average Bonchev–Trinajstić information content (AvgIpc) is 2.36. The van der Waals surface area contributed by atoms with Gasteiger partial charge in [-0.25, -0.2) is 4.98 Å². The van der Waals surface area contributed by atoms with E-state index in [1.165, 1.54) is 6.39 Å². The first-order chi connectivity index (χ1) is 4.88. The summed E-state index contributed by atoms with van der Waals surface area (Å²) in [6.07, 6.45) is 3.00. The van der Waals surface area contributed by atoms with Crippen molar-refractivity contribution in [3.05, 3.63) is 18.4 Å². The topological polar surface area (TPSA) is 51.8 Å². The Hall–Kier alpha value is -1.45. The molecule has 0 fully saturated rings. The molecular formula is C6H5N3O. The van der Waals surface area contributed by atoms with Crippen molar-refractivity contribution in [2.45, 2.75) is 6.92 Å². The summed E-state index contributed by atoms with van der Waals surface area (Å²) in [7, 11) is 0. The first kappa shape index (κ1) is 5.34. The molecular weight excluding hydrogens is 130 g/mol. The Kier molecular flexibility index (Phi) is 0.943. The van der Waals surface area contributed by atoms with Gasteiger partial charge >= 0.3 is 0 Å². The minimum Gasteiger partial charge on any atom is -0.448 e. The minimum atomic E-state index is 0.738. The first-order valence-corrected chi connectivity index (χ1v) is 2.89. The van der Waals surface area contributed by atoms with Gasteiger partial charge in [0.2, 0.25) is 0 Å². The van der Waals surface area contributed by atoms with Crippen molar-refractivity contribution in [1.29, 1.82) is 0 Å². The van der Waals surface area contributed by atoms with Gasteiger partial charge < -0.3 is 4.42 Å². The molecule has 0 aliphatic carbocycles. The van der Waals surface area contributed by atoms with Gasteiger partial charge in [0.25, 0.3) is 0 Å². The largest absolute Gasteiger partial charge is 0.448 e. The molecule has 0 N–H and O–H groups in total. The molecule has 0 aromatic carbocycles. The summed E-state index contributed by atoms with van der Waals surface area (Å²) in [6, 6.07) is 0. The molecule has 0 spiro atoms. The number of aromatic nitrogens is 3. The lowest BCUT2D eigenvalue weighted by Gasteiger charge is -1.94. The molecule has 0 atom stereocenters. The molecule has 4 heteroatoms. The fourth-order valence-corrected chi connectivity index (χ4v) is 0.817. The highest BCUT2D eigenvalue weighted by molar-refractivity contribution is 5.54. The Morgan fingerprint density at radius 3 is 3.20 bits per heavy atom. The lowest BCUT2D eigenvalue weighted by atomic mass is 10.3. The second kappa shape index (κ2) is 1.76. The van der Waals surface area contributed by atoms with E-state index in [1.807, 2.05) is 6.92 Å². The van der Waals surface area contributed by atoms with Crippen molar-refractivity contribution in [1.82, 2.24) is 15.2 Å². The van der Waals surface area contributed by atoms with Crippen molar-refractivity contribution >= 4 is 0 Å². The Labute approximate surface area is 57.3 Å². The van der Waals surface area contributed by atoms with E-state index in [9.17, 15) is 0 Å². The van der Waals surface area contributed by atoms with Crippen molar-refractivity contribution < 1.29 is 4.42 Å². The maximum absolute atomic E-state index is 4.99. The molecule has 0 aromatic rings. The Morgan fingerprint density at radius 2 is 2.40 bits per heavy atom. The van der Waals surface area contributed by atoms with Crippen LogP contribution in [0.1, 0.15) is 5.76 Å². The van der Waals surface area contributed by atoms with E-state index < -0.39 is 0 Å². The molecule has 0 saturated heterocycles. The van der Waals surface area contributed by atoms with Gasteiger partial charge in [-0.2, -0.15) is 5.10 Å². The van der Waals surface area contributed by atoms with Gasteiger partial charge in [0.15, 0.2) is 12.1 Å². The van der Waals surface area contributed by atoms with Crippen molar-refractivity contribution in [2.75, 3.05) is 0 Å². The molecule has 2 rings (SSSR count). The molecule has 0 radical (unpaired) electrons. The third kappa shape index (κ3) is 0.586. The zero-order valence-corrected chi connectivity index (χ0v) is 5.40. The van der Waals surface area contributed by atoms with Crippen LogP contribution < -0.4 is 0 Å². The molecule has 0 bridgehead atoms. The van der Waals surface area contributed by atoms with Gasteiger partial charge in [-0.05, 0) is 6.92 Å². The SMILES string of the molecule is Cc1ocnc2cnnc1-2. The molecule has 0 amide bonds. The quantitative estimate of drug-likeness (QED) is 0.538. The highest BCUT2D eigenvalue weighted by Gasteiger charge is 2.09. The fourth-order valence-electron chi connectivity index (χ4n) is 0.817.